The minimum Gasteiger partial charge on any atom is -0.380 e. The van der Waals surface area contributed by atoms with Gasteiger partial charge in [0.05, 0.1) is 5.69 Å². The number of hydrogen-bond donors (Lipinski definition) is 1. The quantitative estimate of drug-likeness (QED) is 0.711. The second-order valence-electron chi connectivity index (χ2n) is 5.08. The van der Waals surface area contributed by atoms with Crippen molar-refractivity contribution in [3.05, 3.63) is 29.8 Å². The van der Waals surface area contributed by atoms with E-state index in [4.69, 9.17) is 0 Å². The second-order valence-corrected chi connectivity index (χ2v) is 5.08. The highest BCUT2D eigenvalue weighted by atomic mass is 19.1. The predicted molar refractivity (Wildman–Crippen MR) is 77.4 cm³/mol. The van der Waals surface area contributed by atoms with Gasteiger partial charge in [-0.05, 0) is 37.3 Å². The molecule has 1 fully saturated rings. The van der Waals surface area contributed by atoms with E-state index in [1.165, 1.54) is 31.4 Å². The van der Waals surface area contributed by atoms with Crippen LogP contribution in [0.3, 0.4) is 0 Å². The van der Waals surface area contributed by atoms with Crippen molar-refractivity contribution >= 4 is 5.69 Å². The lowest BCUT2D eigenvalue weighted by Gasteiger charge is -2.18. The van der Waals surface area contributed by atoms with Crippen molar-refractivity contribution in [2.24, 2.45) is 5.92 Å². The topological polar surface area (TPSA) is 12.0 Å². The monoisotopic (exact) mass is 269 g/mol. The van der Waals surface area contributed by atoms with Crippen LogP contribution in [0.4, 0.5) is 14.5 Å². The Labute approximate surface area is 115 Å². The Morgan fingerprint density at radius 3 is 2.47 bits per heavy atom. The van der Waals surface area contributed by atoms with Crippen LogP contribution in [-0.4, -0.2) is 6.04 Å². The van der Waals surface area contributed by atoms with Crippen molar-refractivity contribution in [1.29, 1.82) is 0 Å². The third kappa shape index (κ3) is 5.17. The van der Waals surface area contributed by atoms with E-state index >= 15 is 0 Å². The van der Waals surface area contributed by atoms with Gasteiger partial charge < -0.3 is 5.32 Å². The summed E-state index contributed by atoms with van der Waals surface area (Å²) in [6, 6.07) is 4.03. The van der Waals surface area contributed by atoms with Crippen molar-refractivity contribution in [2.75, 3.05) is 5.32 Å². The molecule has 0 amide bonds. The molecule has 0 aliphatic heterocycles. The molecule has 1 aromatic carbocycles. The summed E-state index contributed by atoms with van der Waals surface area (Å²) in [5.74, 6) is -0.260. The van der Waals surface area contributed by atoms with E-state index < -0.39 is 11.6 Å². The first-order chi connectivity index (χ1) is 9.15. The lowest BCUT2D eigenvalue weighted by atomic mass is 10.0. The van der Waals surface area contributed by atoms with E-state index in [-0.39, 0.29) is 0 Å². The minimum absolute atomic E-state index is 0.319. The van der Waals surface area contributed by atoms with Gasteiger partial charge in [0.1, 0.15) is 11.6 Å². The van der Waals surface area contributed by atoms with Gasteiger partial charge in [-0.2, -0.15) is 0 Å². The maximum Gasteiger partial charge on any atom is 0.149 e. The van der Waals surface area contributed by atoms with Crippen molar-refractivity contribution < 1.29 is 8.78 Å². The molecule has 0 heterocycles. The van der Waals surface area contributed by atoms with E-state index in [0.717, 1.165) is 24.8 Å². The summed E-state index contributed by atoms with van der Waals surface area (Å²) in [4.78, 5) is 0. The molecule has 1 aliphatic carbocycles. The van der Waals surface area contributed by atoms with Gasteiger partial charge in [0.25, 0.3) is 0 Å². The Hall–Kier alpha value is -1.12. The first kappa shape index (κ1) is 15.9. The fourth-order valence-corrected chi connectivity index (χ4v) is 2.46. The zero-order valence-electron chi connectivity index (χ0n) is 12.2. The van der Waals surface area contributed by atoms with E-state index in [1.807, 2.05) is 13.8 Å². The van der Waals surface area contributed by atoms with Crippen LogP contribution in [0.1, 0.15) is 52.9 Å². The van der Waals surface area contributed by atoms with Crippen molar-refractivity contribution in [3.8, 4) is 0 Å². The second kappa shape index (κ2) is 8.13. The molecule has 3 heteroatoms. The van der Waals surface area contributed by atoms with Gasteiger partial charge in [-0.1, -0.05) is 33.6 Å². The molecule has 0 bridgehead atoms. The van der Waals surface area contributed by atoms with Crippen molar-refractivity contribution in [2.45, 2.75) is 58.9 Å². The highest BCUT2D eigenvalue weighted by Gasteiger charge is 2.17. The number of halogens is 2. The van der Waals surface area contributed by atoms with Crippen LogP contribution in [0.2, 0.25) is 0 Å². The number of anilines is 1. The Morgan fingerprint density at radius 1 is 1.05 bits per heavy atom. The summed E-state index contributed by atoms with van der Waals surface area (Å²) < 4.78 is 26.3. The molecule has 2 rings (SSSR count). The first-order valence-electron chi connectivity index (χ1n) is 7.37. The van der Waals surface area contributed by atoms with Crippen molar-refractivity contribution in [1.82, 2.24) is 0 Å². The molecule has 1 nitrogen and oxygen atoms in total. The largest absolute Gasteiger partial charge is 0.380 e. The fourth-order valence-electron chi connectivity index (χ4n) is 2.46. The Bertz CT molecular complexity index is 379. The SMILES string of the molecule is CC.CC1CCCC(Nc2ccc(F)cc2F)CC1. The number of nitrogens with one attached hydrogen (secondary N) is 1. The maximum absolute atomic E-state index is 13.5. The summed E-state index contributed by atoms with van der Waals surface area (Å²) in [6.07, 6.45) is 5.76. The maximum atomic E-state index is 13.5. The molecule has 0 radical (unpaired) electrons. The van der Waals surface area contributed by atoms with Crippen LogP contribution < -0.4 is 5.32 Å². The average molecular weight is 269 g/mol. The molecule has 1 N–H and O–H groups in total. The molecule has 1 aliphatic rings. The average Bonchev–Trinajstić information content (AvgIpc) is 2.60. The van der Waals surface area contributed by atoms with Gasteiger partial charge in [-0.25, -0.2) is 8.78 Å². The molecule has 2 atom stereocenters. The van der Waals surface area contributed by atoms with Gasteiger partial charge in [0, 0.05) is 12.1 Å². The zero-order chi connectivity index (χ0) is 14.3. The third-order valence-electron chi connectivity index (χ3n) is 3.55. The Morgan fingerprint density at radius 2 is 1.79 bits per heavy atom. The van der Waals surface area contributed by atoms with Crippen LogP contribution in [0.25, 0.3) is 0 Å². The predicted octanol–water partition coefficient (Wildman–Crippen LogP) is 5.37. The molecule has 1 saturated carbocycles. The standard InChI is InChI=1S/C14H19F2N.C2H6/c1-10-3-2-4-12(7-5-10)17-14-8-6-11(15)9-13(14)16;1-2/h6,8-10,12,17H,2-5,7H2,1H3;1-2H3. The lowest BCUT2D eigenvalue weighted by Crippen LogP contribution is -2.19. The van der Waals surface area contributed by atoms with E-state index in [2.05, 4.69) is 12.2 Å². The van der Waals surface area contributed by atoms with E-state index in [9.17, 15) is 8.78 Å². The minimum atomic E-state index is -0.525. The molecular formula is C16H25F2N. The van der Waals surface area contributed by atoms with Gasteiger partial charge in [-0.3, -0.25) is 0 Å². The Balaban J connectivity index is 0.000000861. The van der Waals surface area contributed by atoms with Gasteiger partial charge >= 0.3 is 0 Å². The Kier molecular flexibility index (Phi) is 6.82. The lowest BCUT2D eigenvalue weighted by molar-refractivity contribution is 0.501. The van der Waals surface area contributed by atoms with Crippen LogP contribution in [0.5, 0.6) is 0 Å². The highest BCUT2D eigenvalue weighted by molar-refractivity contribution is 5.45. The van der Waals surface area contributed by atoms with E-state index in [0.29, 0.717) is 11.7 Å². The van der Waals surface area contributed by atoms with Crippen molar-refractivity contribution in [3.63, 3.8) is 0 Å². The van der Waals surface area contributed by atoms with Gasteiger partial charge in [-0.15, -0.1) is 0 Å². The van der Waals surface area contributed by atoms with Gasteiger partial charge in [0.2, 0.25) is 0 Å². The van der Waals surface area contributed by atoms with Crippen LogP contribution in [-0.2, 0) is 0 Å². The molecule has 0 aromatic heterocycles. The first-order valence-corrected chi connectivity index (χ1v) is 7.37. The number of rotatable bonds is 2. The molecule has 19 heavy (non-hydrogen) atoms. The summed E-state index contributed by atoms with van der Waals surface area (Å²) in [7, 11) is 0. The fraction of sp³-hybridized carbons (Fsp3) is 0.625. The van der Waals surface area contributed by atoms with Crippen LogP contribution >= 0.6 is 0 Å². The molecule has 108 valence electrons. The molecule has 1 aromatic rings. The van der Waals surface area contributed by atoms with Gasteiger partial charge in [0.15, 0.2) is 0 Å². The molecule has 0 saturated heterocycles. The smallest absolute Gasteiger partial charge is 0.149 e. The third-order valence-corrected chi connectivity index (χ3v) is 3.55. The normalized spacial score (nSPS) is 23.0. The van der Waals surface area contributed by atoms with Crippen LogP contribution in [0, 0.1) is 17.6 Å². The number of benzene rings is 1. The van der Waals surface area contributed by atoms with E-state index in [1.54, 1.807) is 0 Å². The summed E-state index contributed by atoms with van der Waals surface area (Å²) >= 11 is 0. The number of hydrogen-bond acceptors (Lipinski definition) is 1. The molecular weight excluding hydrogens is 244 g/mol. The summed E-state index contributed by atoms with van der Waals surface area (Å²) in [5, 5.41) is 3.20. The summed E-state index contributed by atoms with van der Waals surface area (Å²) in [5.41, 5.74) is 0.422. The zero-order valence-corrected chi connectivity index (χ0v) is 12.2. The summed E-state index contributed by atoms with van der Waals surface area (Å²) in [6.45, 7) is 6.26. The highest BCUT2D eigenvalue weighted by Crippen LogP contribution is 2.26. The molecule has 2 unspecified atom stereocenters. The molecule has 0 spiro atoms. The van der Waals surface area contributed by atoms with Crippen LogP contribution in [0.15, 0.2) is 18.2 Å².